The van der Waals surface area contributed by atoms with Crippen LogP contribution >= 0.6 is 0 Å². The standard InChI is InChI=1S/C18H18N2O8S/c1-25-14-7-4-11(8-16(14)26-2)19-29(23,24)12-5-6-13-15(9-12)28-18(22)20(13)10-17(21)27-3/h4-9,19H,10H2,1-3H3. The molecule has 0 unspecified atom stereocenters. The Bertz CT molecular complexity index is 1230. The normalized spacial score (nSPS) is 11.3. The van der Waals surface area contributed by atoms with Crippen LogP contribution in [0.15, 0.2) is 50.5 Å². The van der Waals surface area contributed by atoms with Crippen molar-refractivity contribution >= 4 is 32.8 Å². The lowest BCUT2D eigenvalue weighted by Crippen LogP contribution is -2.20. The molecule has 0 aliphatic rings. The quantitative estimate of drug-likeness (QED) is 0.569. The fourth-order valence-corrected chi connectivity index (χ4v) is 3.74. The first-order valence-corrected chi connectivity index (χ1v) is 9.72. The summed E-state index contributed by atoms with van der Waals surface area (Å²) in [4.78, 5) is 23.3. The summed E-state index contributed by atoms with van der Waals surface area (Å²) in [7, 11) is 0.109. The number of rotatable bonds is 7. The Hall–Kier alpha value is -3.47. The highest BCUT2D eigenvalue weighted by molar-refractivity contribution is 7.92. The zero-order chi connectivity index (χ0) is 21.2. The molecule has 10 nitrogen and oxygen atoms in total. The van der Waals surface area contributed by atoms with E-state index in [-0.39, 0.29) is 28.2 Å². The van der Waals surface area contributed by atoms with Gasteiger partial charge in [0.2, 0.25) is 0 Å². The number of anilines is 1. The molecular formula is C18H18N2O8S. The minimum atomic E-state index is -3.99. The van der Waals surface area contributed by atoms with E-state index < -0.39 is 21.7 Å². The molecular weight excluding hydrogens is 404 g/mol. The molecule has 1 heterocycles. The molecule has 0 radical (unpaired) electrons. The van der Waals surface area contributed by atoms with Crippen LogP contribution in [-0.2, 0) is 26.1 Å². The molecule has 11 heteroatoms. The Kier molecular flexibility index (Phi) is 5.50. The predicted molar refractivity (Wildman–Crippen MR) is 103 cm³/mol. The van der Waals surface area contributed by atoms with Crippen LogP contribution < -0.4 is 20.0 Å². The summed E-state index contributed by atoms with van der Waals surface area (Å²) in [6.45, 7) is -0.349. The van der Waals surface area contributed by atoms with Crippen molar-refractivity contribution in [2.45, 2.75) is 11.4 Å². The second-order valence-corrected chi connectivity index (χ2v) is 7.52. The average molecular weight is 422 g/mol. The monoisotopic (exact) mass is 422 g/mol. The van der Waals surface area contributed by atoms with Gasteiger partial charge in [0.1, 0.15) is 6.54 Å². The molecule has 0 saturated carbocycles. The Morgan fingerprint density at radius 2 is 1.79 bits per heavy atom. The van der Waals surface area contributed by atoms with Crippen molar-refractivity contribution in [1.29, 1.82) is 0 Å². The van der Waals surface area contributed by atoms with Crippen molar-refractivity contribution in [2.75, 3.05) is 26.1 Å². The first-order valence-electron chi connectivity index (χ1n) is 8.24. The second kappa shape index (κ2) is 7.87. The first-order chi connectivity index (χ1) is 13.8. The number of oxazole rings is 1. The minimum absolute atomic E-state index is 0.0223. The number of fused-ring (bicyclic) bond motifs is 1. The number of esters is 1. The van der Waals surface area contributed by atoms with Gasteiger partial charge >= 0.3 is 11.7 Å². The van der Waals surface area contributed by atoms with Gasteiger partial charge in [0, 0.05) is 12.1 Å². The maximum atomic E-state index is 12.7. The summed E-state index contributed by atoms with van der Waals surface area (Å²) >= 11 is 0. The van der Waals surface area contributed by atoms with Crippen molar-refractivity contribution in [1.82, 2.24) is 4.57 Å². The van der Waals surface area contributed by atoms with E-state index in [1.54, 1.807) is 6.07 Å². The summed E-state index contributed by atoms with van der Waals surface area (Å²) in [5, 5.41) is 0. The Labute approximate surface area is 165 Å². The van der Waals surface area contributed by atoms with E-state index in [1.165, 1.54) is 51.7 Å². The molecule has 0 aliphatic heterocycles. The first kappa shape index (κ1) is 20.3. The number of sulfonamides is 1. The van der Waals surface area contributed by atoms with Crippen molar-refractivity contribution in [3.8, 4) is 11.5 Å². The SMILES string of the molecule is COC(=O)Cn1c(=O)oc2cc(S(=O)(=O)Nc3ccc(OC)c(OC)c3)ccc21. The van der Waals surface area contributed by atoms with Crippen LogP contribution in [0.3, 0.4) is 0 Å². The average Bonchev–Trinajstić information content (AvgIpc) is 3.01. The molecule has 29 heavy (non-hydrogen) atoms. The molecule has 154 valence electrons. The highest BCUT2D eigenvalue weighted by Crippen LogP contribution is 2.31. The van der Waals surface area contributed by atoms with Crippen LogP contribution in [0.1, 0.15) is 0 Å². The lowest BCUT2D eigenvalue weighted by molar-refractivity contribution is -0.141. The lowest BCUT2D eigenvalue weighted by Gasteiger charge is -2.12. The number of ether oxygens (including phenoxy) is 3. The topological polar surface area (TPSA) is 126 Å². The number of carbonyl (C=O) groups is 1. The number of carbonyl (C=O) groups excluding carboxylic acids is 1. The van der Waals surface area contributed by atoms with E-state index in [1.807, 2.05) is 0 Å². The van der Waals surface area contributed by atoms with Gasteiger partial charge in [-0.2, -0.15) is 0 Å². The minimum Gasteiger partial charge on any atom is -0.493 e. The number of hydrogen-bond acceptors (Lipinski definition) is 8. The Morgan fingerprint density at radius 3 is 2.45 bits per heavy atom. The van der Waals surface area contributed by atoms with E-state index in [4.69, 9.17) is 13.9 Å². The molecule has 0 spiro atoms. The molecule has 0 saturated heterocycles. The number of aromatic nitrogens is 1. The van der Waals surface area contributed by atoms with Crippen molar-refractivity contribution in [3.05, 3.63) is 46.9 Å². The second-order valence-electron chi connectivity index (χ2n) is 5.84. The summed E-state index contributed by atoms with van der Waals surface area (Å²) in [5.41, 5.74) is 0.548. The van der Waals surface area contributed by atoms with Gasteiger partial charge in [-0.25, -0.2) is 13.2 Å². The highest BCUT2D eigenvalue weighted by Gasteiger charge is 2.19. The third kappa shape index (κ3) is 4.04. The van der Waals surface area contributed by atoms with E-state index >= 15 is 0 Å². The van der Waals surface area contributed by atoms with Crippen LogP contribution in [0.25, 0.3) is 11.1 Å². The molecule has 1 N–H and O–H groups in total. The number of benzene rings is 2. The molecule has 0 aliphatic carbocycles. The largest absolute Gasteiger partial charge is 0.493 e. The third-order valence-corrected chi connectivity index (χ3v) is 5.48. The van der Waals surface area contributed by atoms with Gasteiger partial charge in [-0.3, -0.25) is 14.1 Å². The summed E-state index contributed by atoms with van der Waals surface area (Å²) in [5.74, 6) is -0.631. The lowest BCUT2D eigenvalue weighted by atomic mass is 10.3. The third-order valence-electron chi connectivity index (χ3n) is 4.10. The molecule has 0 fully saturated rings. The van der Waals surface area contributed by atoms with E-state index in [0.717, 1.165) is 4.57 Å². The number of methoxy groups -OCH3 is 3. The zero-order valence-corrected chi connectivity index (χ0v) is 16.6. The maximum Gasteiger partial charge on any atom is 0.420 e. The molecule has 0 amide bonds. The van der Waals surface area contributed by atoms with Gasteiger partial charge in [-0.05, 0) is 24.3 Å². The van der Waals surface area contributed by atoms with Gasteiger partial charge in [0.05, 0.1) is 37.4 Å². The van der Waals surface area contributed by atoms with Crippen LogP contribution in [-0.4, -0.2) is 40.3 Å². The number of hydrogen-bond donors (Lipinski definition) is 1. The van der Waals surface area contributed by atoms with Crippen molar-refractivity contribution < 1.29 is 31.8 Å². The van der Waals surface area contributed by atoms with Crippen molar-refractivity contribution in [2.24, 2.45) is 0 Å². The fourth-order valence-electron chi connectivity index (χ4n) is 2.67. The number of nitrogens with zero attached hydrogens (tertiary/aromatic N) is 1. The van der Waals surface area contributed by atoms with E-state index in [0.29, 0.717) is 11.5 Å². The molecule has 3 rings (SSSR count). The highest BCUT2D eigenvalue weighted by atomic mass is 32.2. The smallest absolute Gasteiger partial charge is 0.420 e. The predicted octanol–water partition coefficient (Wildman–Crippen LogP) is 1.59. The zero-order valence-electron chi connectivity index (χ0n) is 15.8. The van der Waals surface area contributed by atoms with E-state index in [9.17, 15) is 18.0 Å². The molecule has 0 atom stereocenters. The van der Waals surface area contributed by atoms with Gasteiger partial charge in [-0.1, -0.05) is 0 Å². The van der Waals surface area contributed by atoms with E-state index in [2.05, 4.69) is 9.46 Å². The maximum absolute atomic E-state index is 12.7. The number of nitrogens with one attached hydrogen (secondary N) is 1. The molecule has 2 aromatic carbocycles. The molecule has 0 bridgehead atoms. The van der Waals surface area contributed by atoms with Gasteiger partial charge in [-0.15, -0.1) is 0 Å². The van der Waals surface area contributed by atoms with Crippen LogP contribution in [0.4, 0.5) is 5.69 Å². The van der Waals surface area contributed by atoms with Crippen molar-refractivity contribution in [3.63, 3.8) is 0 Å². The van der Waals surface area contributed by atoms with Crippen LogP contribution in [0.2, 0.25) is 0 Å². The summed E-state index contributed by atoms with van der Waals surface area (Å²) < 4.78 is 48.8. The fraction of sp³-hybridized carbons (Fsp3) is 0.222. The Balaban J connectivity index is 1.95. The van der Waals surface area contributed by atoms with Gasteiger partial charge < -0.3 is 18.6 Å². The molecule has 3 aromatic rings. The summed E-state index contributed by atoms with van der Waals surface area (Å²) in [6, 6.07) is 8.44. The van der Waals surface area contributed by atoms with Crippen LogP contribution in [0.5, 0.6) is 11.5 Å². The van der Waals surface area contributed by atoms with Gasteiger partial charge in [0.25, 0.3) is 10.0 Å². The Morgan fingerprint density at radius 1 is 1.07 bits per heavy atom. The van der Waals surface area contributed by atoms with Gasteiger partial charge in [0.15, 0.2) is 17.1 Å². The summed E-state index contributed by atoms with van der Waals surface area (Å²) in [6.07, 6.45) is 0. The van der Waals surface area contributed by atoms with Crippen LogP contribution in [0, 0.1) is 0 Å². The molecule has 1 aromatic heterocycles.